The predicted octanol–water partition coefficient (Wildman–Crippen LogP) is 0.538. The molecule has 0 aliphatic carbocycles. The fourth-order valence-electron chi connectivity index (χ4n) is 1.18. The molecule has 84 valence electrons. The molecule has 0 spiro atoms. The number of rotatable bonds is 4. The first kappa shape index (κ1) is 12.1. The molecule has 0 bridgehead atoms. The lowest BCUT2D eigenvalue weighted by atomic mass is 10.1. The van der Waals surface area contributed by atoms with Crippen molar-refractivity contribution in [1.82, 2.24) is 0 Å². The number of aliphatic hydroxyl groups excluding tert-OH is 1. The van der Waals surface area contributed by atoms with Crippen molar-refractivity contribution in [3.63, 3.8) is 0 Å². The summed E-state index contributed by atoms with van der Waals surface area (Å²) in [6.45, 7) is 0. The van der Waals surface area contributed by atoms with E-state index >= 15 is 0 Å². The van der Waals surface area contributed by atoms with Crippen molar-refractivity contribution in [3.05, 3.63) is 35.6 Å². The maximum Gasteiger partial charge on any atom is 0.209 e. The van der Waals surface area contributed by atoms with Crippen LogP contribution in [0.1, 0.15) is 18.1 Å². The summed E-state index contributed by atoms with van der Waals surface area (Å²) in [6, 6.07) is 5.67. The molecule has 3 N–H and O–H groups in total. The van der Waals surface area contributed by atoms with E-state index in [-0.39, 0.29) is 17.7 Å². The summed E-state index contributed by atoms with van der Waals surface area (Å²) < 4.78 is 34.4. The Hall–Kier alpha value is -0.980. The molecule has 6 heteroatoms. The van der Waals surface area contributed by atoms with Gasteiger partial charge in [-0.1, -0.05) is 18.2 Å². The summed E-state index contributed by atoms with van der Waals surface area (Å²) in [5, 5.41) is 14.3. The number of aliphatic hydroxyl groups is 1. The predicted molar refractivity (Wildman–Crippen MR) is 54.0 cm³/mol. The van der Waals surface area contributed by atoms with Crippen molar-refractivity contribution in [2.24, 2.45) is 5.14 Å². The standard InChI is InChI=1S/C9H12FNO3S/c10-8-4-2-1-3-7(8)9(12)5-6-15(11,13)14/h1-4,9,12H,5-6H2,(H2,11,13,14)/t9-/m0/s1. The fourth-order valence-corrected chi connectivity index (χ4v) is 1.73. The van der Waals surface area contributed by atoms with Gasteiger partial charge in [-0.2, -0.15) is 0 Å². The number of hydrogen-bond acceptors (Lipinski definition) is 3. The Bertz CT molecular complexity index is 433. The van der Waals surface area contributed by atoms with Gasteiger partial charge in [0.05, 0.1) is 11.9 Å². The zero-order chi connectivity index (χ0) is 11.5. The van der Waals surface area contributed by atoms with Crippen molar-refractivity contribution in [2.45, 2.75) is 12.5 Å². The van der Waals surface area contributed by atoms with E-state index in [0.29, 0.717) is 0 Å². The molecule has 0 aliphatic heterocycles. The lowest BCUT2D eigenvalue weighted by Crippen LogP contribution is -2.18. The Balaban J connectivity index is 2.70. The highest BCUT2D eigenvalue weighted by atomic mass is 32.2. The van der Waals surface area contributed by atoms with Gasteiger partial charge < -0.3 is 5.11 Å². The number of halogens is 1. The van der Waals surface area contributed by atoms with Crippen LogP contribution in [-0.2, 0) is 10.0 Å². The van der Waals surface area contributed by atoms with Crippen LogP contribution in [0.15, 0.2) is 24.3 Å². The average Bonchev–Trinajstić information content (AvgIpc) is 2.14. The van der Waals surface area contributed by atoms with Crippen molar-refractivity contribution < 1.29 is 17.9 Å². The Morgan fingerprint density at radius 3 is 2.53 bits per heavy atom. The van der Waals surface area contributed by atoms with Crippen molar-refractivity contribution >= 4 is 10.0 Å². The van der Waals surface area contributed by atoms with Crippen molar-refractivity contribution in [2.75, 3.05) is 5.75 Å². The molecule has 0 fully saturated rings. The normalized spacial score (nSPS) is 13.8. The van der Waals surface area contributed by atoms with Gasteiger partial charge in [-0.25, -0.2) is 17.9 Å². The van der Waals surface area contributed by atoms with Gasteiger partial charge in [0.2, 0.25) is 10.0 Å². The van der Waals surface area contributed by atoms with Crippen LogP contribution in [0.25, 0.3) is 0 Å². The van der Waals surface area contributed by atoms with E-state index in [1.807, 2.05) is 0 Å². The zero-order valence-electron chi connectivity index (χ0n) is 7.93. The summed E-state index contributed by atoms with van der Waals surface area (Å²) >= 11 is 0. The number of sulfonamides is 1. The summed E-state index contributed by atoms with van der Waals surface area (Å²) in [5.41, 5.74) is 0.0844. The number of hydrogen-bond donors (Lipinski definition) is 2. The molecule has 0 unspecified atom stereocenters. The van der Waals surface area contributed by atoms with Crippen LogP contribution in [0.2, 0.25) is 0 Å². The smallest absolute Gasteiger partial charge is 0.209 e. The van der Waals surface area contributed by atoms with Crippen LogP contribution >= 0.6 is 0 Å². The molecule has 1 rings (SSSR count). The van der Waals surface area contributed by atoms with Crippen LogP contribution in [0, 0.1) is 5.82 Å². The van der Waals surface area contributed by atoms with Gasteiger partial charge in [-0.05, 0) is 12.5 Å². The van der Waals surface area contributed by atoms with Crippen LogP contribution in [0.5, 0.6) is 0 Å². The van der Waals surface area contributed by atoms with Gasteiger partial charge in [0.1, 0.15) is 5.82 Å². The Labute approximate surface area is 87.6 Å². The maximum absolute atomic E-state index is 13.1. The third kappa shape index (κ3) is 3.94. The van der Waals surface area contributed by atoms with E-state index in [0.717, 1.165) is 0 Å². The molecule has 0 aromatic heterocycles. The fraction of sp³-hybridized carbons (Fsp3) is 0.333. The van der Waals surface area contributed by atoms with Gasteiger partial charge in [-0.3, -0.25) is 0 Å². The highest BCUT2D eigenvalue weighted by Gasteiger charge is 2.14. The summed E-state index contributed by atoms with van der Waals surface area (Å²) in [7, 11) is -3.62. The first-order valence-corrected chi connectivity index (χ1v) is 6.04. The number of benzene rings is 1. The minimum atomic E-state index is -3.62. The molecule has 15 heavy (non-hydrogen) atoms. The summed E-state index contributed by atoms with van der Waals surface area (Å²) in [4.78, 5) is 0. The topological polar surface area (TPSA) is 80.4 Å². The lowest BCUT2D eigenvalue weighted by molar-refractivity contribution is 0.169. The molecule has 0 heterocycles. The van der Waals surface area contributed by atoms with E-state index in [1.54, 1.807) is 6.07 Å². The second kappa shape index (κ2) is 4.69. The van der Waals surface area contributed by atoms with Crippen molar-refractivity contribution in [1.29, 1.82) is 0 Å². The van der Waals surface area contributed by atoms with E-state index < -0.39 is 21.9 Å². The van der Waals surface area contributed by atoms with Gasteiger partial charge in [-0.15, -0.1) is 0 Å². The van der Waals surface area contributed by atoms with Crippen LogP contribution < -0.4 is 5.14 Å². The molecule has 0 aliphatic rings. The molecule has 1 atom stereocenters. The Kier molecular flexibility index (Phi) is 3.78. The minimum Gasteiger partial charge on any atom is -0.388 e. The monoisotopic (exact) mass is 233 g/mol. The minimum absolute atomic E-state index is 0.0844. The third-order valence-electron chi connectivity index (χ3n) is 1.94. The maximum atomic E-state index is 13.1. The van der Waals surface area contributed by atoms with Crippen LogP contribution in [0.3, 0.4) is 0 Å². The van der Waals surface area contributed by atoms with Crippen molar-refractivity contribution in [3.8, 4) is 0 Å². The molecule has 0 amide bonds. The highest BCUT2D eigenvalue weighted by Crippen LogP contribution is 2.19. The molecule has 1 aromatic carbocycles. The van der Waals surface area contributed by atoms with Gasteiger partial charge in [0.15, 0.2) is 0 Å². The molecule has 0 radical (unpaired) electrons. The third-order valence-corrected chi connectivity index (χ3v) is 2.74. The van der Waals surface area contributed by atoms with Crippen LogP contribution in [0.4, 0.5) is 4.39 Å². The second-order valence-electron chi connectivity index (χ2n) is 3.19. The zero-order valence-corrected chi connectivity index (χ0v) is 8.74. The molecule has 4 nitrogen and oxygen atoms in total. The molecular formula is C9H12FNO3S. The Morgan fingerprint density at radius 2 is 2.00 bits per heavy atom. The van der Waals surface area contributed by atoms with Crippen LogP contribution in [-0.4, -0.2) is 19.3 Å². The molecule has 0 saturated heterocycles. The second-order valence-corrected chi connectivity index (χ2v) is 4.93. The number of primary sulfonamides is 1. The van der Waals surface area contributed by atoms with Gasteiger partial charge in [0.25, 0.3) is 0 Å². The summed E-state index contributed by atoms with van der Waals surface area (Å²) in [5.74, 6) is -0.929. The Morgan fingerprint density at radius 1 is 1.40 bits per heavy atom. The highest BCUT2D eigenvalue weighted by molar-refractivity contribution is 7.89. The molecular weight excluding hydrogens is 221 g/mol. The van der Waals surface area contributed by atoms with E-state index in [4.69, 9.17) is 5.14 Å². The largest absolute Gasteiger partial charge is 0.388 e. The van der Waals surface area contributed by atoms with Gasteiger partial charge in [0, 0.05) is 5.56 Å². The quantitative estimate of drug-likeness (QED) is 0.796. The SMILES string of the molecule is NS(=O)(=O)CC[C@H](O)c1ccccc1F. The summed E-state index contributed by atoms with van der Waals surface area (Å²) in [6.07, 6.45) is -1.26. The van der Waals surface area contributed by atoms with E-state index in [1.165, 1.54) is 18.2 Å². The van der Waals surface area contributed by atoms with E-state index in [9.17, 15) is 17.9 Å². The first-order valence-electron chi connectivity index (χ1n) is 4.33. The number of nitrogens with two attached hydrogens (primary N) is 1. The van der Waals surface area contributed by atoms with E-state index in [2.05, 4.69) is 0 Å². The average molecular weight is 233 g/mol. The molecule has 1 aromatic rings. The molecule has 0 saturated carbocycles. The lowest BCUT2D eigenvalue weighted by Gasteiger charge is -2.10. The van der Waals surface area contributed by atoms with Gasteiger partial charge >= 0.3 is 0 Å². The first-order chi connectivity index (χ1) is 6.90.